The molecule has 5 heteroatoms. The van der Waals surface area contributed by atoms with E-state index in [1.54, 1.807) is 24.3 Å². The molecule has 30 heavy (non-hydrogen) atoms. The summed E-state index contributed by atoms with van der Waals surface area (Å²) in [5.74, 6) is 1.15. The number of carbonyl (C=O) groups excluding carboxylic acids is 1. The number of methoxy groups -OCH3 is 1. The first-order valence-corrected chi connectivity index (χ1v) is 10.0. The van der Waals surface area contributed by atoms with Crippen LogP contribution in [0.5, 0.6) is 5.75 Å². The van der Waals surface area contributed by atoms with Crippen molar-refractivity contribution in [1.29, 1.82) is 0 Å². The molecule has 0 spiro atoms. The van der Waals surface area contributed by atoms with Gasteiger partial charge in [0.15, 0.2) is 5.76 Å². The Hall–Kier alpha value is -3.47. The minimum absolute atomic E-state index is 0.232. The van der Waals surface area contributed by atoms with Crippen LogP contribution in [0.3, 0.4) is 0 Å². The third-order valence-electron chi connectivity index (χ3n) is 5.53. The quantitative estimate of drug-likeness (QED) is 0.593. The monoisotopic (exact) mass is 403 g/mol. The molecule has 0 unspecified atom stereocenters. The minimum atomic E-state index is -0.419. The highest BCUT2D eigenvalue weighted by Gasteiger charge is 2.41. The van der Waals surface area contributed by atoms with Crippen LogP contribution < -0.4 is 4.74 Å². The lowest BCUT2D eigenvalue weighted by Gasteiger charge is -2.27. The van der Waals surface area contributed by atoms with Gasteiger partial charge in [-0.25, -0.2) is 0 Å². The predicted molar refractivity (Wildman–Crippen MR) is 115 cm³/mol. The zero-order chi connectivity index (χ0) is 21.3. The zero-order valence-corrected chi connectivity index (χ0v) is 17.3. The molecule has 5 nitrogen and oxygen atoms in total. The highest BCUT2D eigenvalue weighted by atomic mass is 16.5. The summed E-state index contributed by atoms with van der Waals surface area (Å²) in [5, 5.41) is 10.8. The van der Waals surface area contributed by atoms with Crippen molar-refractivity contribution in [1.82, 2.24) is 4.90 Å². The first kappa shape index (κ1) is 19.8. The molecule has 1 aromatic heterocycles. The third-order valence-corrected chi connectivity index (χ3v) is 5.53. The van der Waals surface area contributed by atoms with Gasteiger partial charge in [-0.05, 0) is 46.9 Å². The molecular formula is C25H25NO4. The first-order valence-electron chi connectivity index (χ1n) is 10.0. The molecule has 2 heterocycles. The molecule has 0 bridgehead atoms. The van der Waals surface area contributed by atoms with E-state index in [1.807, 2.05) is 42.5 Å². The Bertz CT molecular complexity index is 1050. The van der Waals surface area contributed by atoms with Crippen LogP contribution in [-0.2, 0) is 11.3 Å². The first-order chi connectivity index (χ1) is 14.5. The molecule has 1 atom stereocenters. The number of hydrogen-bond acceptors (Lipinski definition) is 4. The Balaban J connectivity index is 1.79. The van der Waals surface area contributed by atoms with Gasteiger partial charge in [0.25, 0.3) is 5.91 Å². The van der Waals surface area contributed by atoms with E-state index in [0.29, 0.717) is 23.0 Å². The number of aliphatic hydroxyl groups excluding tert-OH is 1. The van der Waals surface area contributed by atoms with E-state index in [9.17, 15) is 9.90 Å². The van der Waals surface area contributed by atoms with Crippen molar-refractivity contribution in [3.05, 3.63) is 95.1 Å². The van der Waals surface area contributed by atoms with Crippen LogP contribution in [0, 0.1) is 0 Å². The second-order valence-electron chi connectivity index (χ2n) is 7.73. The summed E-state index contributed by atoms with van der Waals surface area (Å²) >= 11 is 0. The lowest BCUT2D eigenvalue weighted by atomic mass is 9.91. The van der Waals surface area contributed by atoms with Gasteiger partial charge in [-0.3, -0.25) is 4.79 Å². The molecule has 1 aliphatic heterocycles. The Morgan fingerprint density at radius 1 is 1.07 bits per heavy atom. The van der Waals surface area contributed by atoms with Gasteiger partial charge in [-0.1, -0.05) is 50.2 Å². The van der Waals surface area contributed by atoms with E-state index < -0.39 is 11.9 Å². The number of amides is 1. The molecular weight excluding hydrogens is 378 g/mol. The van der Waals surface area contributed by atoms with Gasteiger partial charge >= 0.3 is 0 Å². The van der Waals surface area contributed by atoms with E-state index in [1.165, 1.54) is 5.56 Å². The number of aliphatic hydroxyl groups is 1. The number of furan rings is 1. The summed E-state index contributed by atoms with van der Waals surface area (Å²) in [6, 6.07) is 18.8. The van der Waals surface area contributed by atoms with Crippen molar-refractivity contribution in [2.75, 3.05) is 7.11 Å². The highest BCUT2D eigenvalue weighted by Crippen LogP contribution is 2.44. The van der Waals surface area contributed by atoms with E-state index >= 15 is 0 Å². The average Bonchev–Trinajstić information content (AvgIpc) is 3.36. The van der Waals surface area contributed by atoms with Gasteiger partial charge in [0, 0.05) is 5.57 Å². The Morgan fingerprint density at radius 2 is 1.77 bits per heavy atom. The lowest BCUT2D eigenvalue weighted by Crippen LogP contribution is -2.29. The van der Waals surface area contributed by atoms with Crippen LogP contribution in [0.1, 0.15) is 48.3 Å². The number of nitrogens with zero attached hydrogens (tertiary/aromatic N) is 1. The van der Waals surface area contributed by atoms with Gasteiger partial charge in [0.05, 0.1) is 26.0 Å². The summed E-state index contributed by atoms with van der Waals surface area (Å²) in [4.78, 5) is 14.7. The van der Waals surface area contributed by atoms with Crippen LogP contribution >= 0.6 is 0 Å². The fourth-order valence-corrected chi connectivity index (χ4v) is 3.86. The van der Waals surface area contributed by atoms with Gasteiger partial charge in [0.1, 0.15) is 11.5 Å². The van der Waals surface area contributed by atoms with Crippen LogP contribution in [0.25, 0.3) is 5.57 Å². The number of carbonyl (C=O) groups is 1. The Morgan fingerprint density at radius 3 is 2.33 bits per heavy atom. The van der Waals surface area contributed by atoms with Gasteiger partial charge in [0.2, 0.25) is 0 Å². The largest absolute Gasteiger partial charge is 0.503 e. The fraction of sp³-hybridized carbons (Fsp3) is 0.240. The van der Waals surface area contributed by atoms with E-state index in [2.05, 4.69) is 26.0 Å². The second-order valence-corrected chi connectivity index (χ2v) is 7.73. The maximum atomic E-state index is 13.0. The van der Waals surface area contributed by atoms with Crippen molar-refractivity contribution in [2.24, 2.45) is 0 Å². The number of ether oxygens (including phenoxy) is 1. The Kier molecular flexibility index (Phi) is 5.36. The summed E-state index contributed by atoms with van der Waals surface area (Å²) in [7, 11) is 1.61. The molecule has 0 radical (unpaired) electrons. The number of benzene rings is 2. The minimum Gasteiger partial charge on any atom is -0.503 e. The van der Waals surface area contributed by atoms with Crippen molar-refractivity contribution in [2.45, 2.75) is 32.4 Å². The normalized spacial score (nSPS) is 16.6. The van der Waals surface area contributed by atoms with E-state index in [4.69, 9.17) is 9.15 Å². The van der Waals surface area contributed by atoms with Crippen molar-refractivity contribution in [3.63, 3.8) is 0 Å². The molecule has 1 N–H and O–H groups in total. The van der Waals surface area contributed by atoms with Crippen LogP contribution in [0.4, 0.5) is 0 Å². The maximum absolute atomic E-state index is 13.0. The molecule has 0 saturated carbocycles. The fourth-order valence-electron chi connectivity index (χ4n) is 3.86. The molecule has 154 valence electrons. The lowest BCUT2D eigenvalue weighted by molar-refractivity contribution is -0.130. The smallest absolute Gasteiger partial charge is 0.290 e. The standard InChI is InChI=1S/C25H25NO4/c1-16(2)17-6-8-19(9-7-17)23-22(18-10-12-20(29-3)13-11-18)24(27)25(28)26(23)15-21-5-4-14-30-21/h4-14,16,23,27H,15H2,1-3H3/t23-/m1/s1. The topological polar surface area (TPSA) is 62.9 Å². The van der Waals surface area contributed by atoms with Gasteiger partial charge < -0.3 is 19.2 Å². The van der Waals surface area contributed by atoms with Crippen molar-refractivity contribution < 1.29 is 19.1 Å². The molecule has 0 fully saturated rings. The SMILES string of the molecule is COc1ccc(C2=C(O)C(=O)N(Cc3ccco3)[C@@H]2c2ccc(C(C)C)cc2)cc1. The highest BCUT2D eigenvalue weighted by molar-refractivity contribution is 6.05. The second kappa shape index (κ2) is 8.11. The van der Waals surface area contributed by atoms with Gasteiger partial charge in [-0.2, -0.15) is 0 Å². The maximum Gasteiger partial charge on any atom is 0.290 e. The molecule has 0 aliphatic carbocycles. The van der Waals surface area contributed by atoms with Crippen LogP contribution in [-0.4, -0.2) is 23.0 Å². The van der Waals surface area contributed by atoms with Crippen LogP contribution in [0.15, 0.2) is 77.1 Å². The summed E-state index contributed by atoms with van der Waals surface area (Å²) in [5.41, 5.74) is 3.53. The molecule has 2 aromatic carbocycles. The molecule has 3 aromatic rings. The van der Waals surface area contributed by atoms with E-state index in [-0.39, 0.29) is 12.3 Å². The van der Waals surface area contributed by atoms with Crippen LogP contribution in [0.2, 0.25) is 0 Å². The predicted octanol–water partition coefficient (Wildman–Crippen LogP) is 5.46. The van der Waals surface area contributed by atoms with Gasteiger partial charge in [-0.15, -0.1) is 0 Å². The third kappa shape index (κ3) is 3.59. The van der Waals surface area contributed by atoms with Crippen molar-refractivity contribution >= 4 is 11.5 Å². The Labute approximate surface area is 176 Å². The number of rotatable bonds is 6. The average molecular weight is 403 g/mol. The van der Waals surface area contributed by atoms with E-state index in [0.717, 1.165) is 11.1 Å². The number of hydrogen-bond donors (Lipinski definition) is 1. The molecule has 4 rings (SSSR count). The summed E-state index contributed by atoms with van der Waals surface area (Å²) < 4.78 is 10.7. The molecule has 0 saturated heterocycles. The molecule has 1 amide bonds. The summed E-state index contributed by atoms with van der Waals surface area (Å²) in [6.45, 7) is 4.56. The zero-order valence-electron chi connectivity index (χ0n) is 17.3. The van der Waals surface area contributed by atoms with Crippen molar-refractivity contribution in [3.8, 4) is 5.75 Å². The summed E-state index contributed by atoms with van der Waals surface area (Å²) in [6.07, 6.45) is 1.58. The molecule has 1 aliphatic rings.